The smallest absolute Gasteiger partial charge is 0.421 e. The van der Waals surface area contributed by atoms with E-state index < -0.39 is 17.3 Å². The number of benzene rings is 2. The number of carbonyl (C=O) groups excluding carboxylic acids is 1. The molecule has 0 aliphatic carbocycles. The third kappa shape index (κ3) is 3.20. The quantitative estimate of drug-likeness (QED) is 0.476. The Morgan fingerprint density at radius 1 is 0.933 bits per heavy atom. The van der Waals surface area contributed by atoms with E-state index in [-0.39, 0.29) is 16.5 Å². The number of hydrogen-bond acceptors (Lipinski definition) is 4. The summed E-state index contributed by atoms with van der Waals surface area (Å²) < 4.78 is 8.01. The Morgan fingerprint density at radius 2 is 1.57 bits per heavy atom. The molecular formula is C24H22N2O4. The first-order valence-corrected chi connectivity index (χ1v) is 9.65. The lowest BCUT2D eigenvalue weighted by Crippen LogP contribution is -2.33. The minimum absolute atomic E-state index is 0.161. The minimum atomic E-state index is -0.827. The molecule has 4 rings (SSSR count). The van der Waals surface area contributed by atoms with Gasteiger partial charge in [-0.2, -0.15) is 0 Å². The van der Waals surface area contributed by atoms with Crippen molar-refractivity contribution in [3.05, 3.63) is 81.4 Å². The summed E-state index contributed by atoms with van der Waals surface area (Å²) in [5.74, 6) is 0. The molecule has 0 bridgehead atoms. The van der Waals surface area contributed by atoms with E-state index in [1.807, 2.05) is 30.3 Å². The number of para-hydroxylation sites is 1. The molecule has 0 aliphatic heterocycles. The Bertz CT molecular complexity index is 1410. The highest BCUT2D eigenvalue weighted by molar-refractivity contribution is 6.08. The lowest BCUT2D eigenvalue weighted by Gasteiger charge is -2.19. The van der Waals surface area contributed by atoms with Crippen LogP contribution in [0.15, 0.2) is 70.4 Å². The summed E-state index contributed by atoms with van der Waals surface area (Å²) in [7, 11) is 1.72. The second-order valence-corrected chi connectivity index (χ2v) is 8.19. The van der Waals surface area contributed by atoms with Gasteiger partial charge in [-0.25, -0.2) is 9.36 Å². The van der Waals surface area contributed by atoms with E-state index in [9.17, 15) is 14.4 Å². The topological polar surface area (TPSA) is 70.3 Å². The molecule has 0 aliphatic rings. The van der Waals surface area contributed by atoms with Gasteiger partial charge in [0.25, 0.3) is 5.56 Å². The van der Waals surface area contributed by atoms with Crippen LogP contribution in [0, 0.1) is 0 Å². The van der Waals surface area contributed by atoms with Crippen molar-refractivity contribution in [3.8, 4) is 11.1 Å². The summed E-state index contributed by atoms with van der Waals surface area (Å²) >= 11 is 0. The minimum Gasteiger partial charge on any atom is -0.443 e. The second kappa shape index (κ2) is 6.99. The zero-order valence-electron chi connectivity index (χ0n) is 17.3. The Kier molecular flexibility index (Phi) is 4.57. The first kappa shape index (κ1) is 19.6. The summed E-state index contributed by atoms with van der Waals surface area (Å²) in [5, 5.41) is 0.959. The number of aryl methyl sites for hydroxylation is 1. The molecule has 4 aromatic rings. The second-order valence-electron chi connectivity index (χ2n) is 8.19. The van der Waals surface area contributed by atoms with Crippen LogP contribution in [-0.2, 0) is 11.8 Å². The summed E-state index contributed by atoms with van der Waals surface area (Å²) in [6, 6.07) is 16.3. The van der Waals surface area contributed by atoms with Gasteiger partial charge >= 0.3 is 6.09 Å². The van der Waals surface area contributed by atoms with Crippen molar-refractivity contribution in [1.82, 2.24) is 9.13 Å². The van der Waals surface area contributed by atoms with Crippen molar-refractivity contribution in [2.45, 2.75) is 26.4 Å². The molecular weight excluding hydrogens is 380 g/mol. The average Bonchev–Trinajstić information content (AvgIpc) is 2.93. The summed E-state index contributed by atoms with van der Waals surface area (Å²) in [6.45, 7) is 5.17. The summed E-state index contributed by atoms with van der Waals surface area (Å²) in [6.07, 6.45) is 0.467. The van der Waals surface area contributed by atoms with Gasteiger partial charge in [-0.05, 0) is 32.4 Å². The monoisotopic (exact) mass is 402 g/mol. The van der Waals surface area contributed by atoms with Crippen molar-refractivity contribution in [2.75, 3.05) is 0 Å². The predicted octanol–water partition coefficient (Wildman–Crippen LogP) is 4.30. The lowest BCUT2D eigenvalue weighted by atomic mass is 10.1. The molecule has 0 saturated carbocycles. The Balaban J connectivity index is 2.22. The molecule has 0 saturated heterocycles. The van der Waals surface area contributed by atoms with E-state index in [2.05, 4.69) is 0 Å². The molecule has 0 radical (unpaired) electrons. The molecule has 2 heterocycles. The van der Waals surface area contributed by atoms with E-state index in [0.29, 0.717) is 16.3 Å². The van der Waals surface area contributed by atoms with Crippen LogP contribution in [0.1, 0.15) is 20.8 Å². The first-order valence-electron chi connectivity index (χ1n) is 9.65. The van der Waals surface area contributed by atoms with Gasteiger partial charge in [-0.1, -0.05) is 48.5 Å². The third-order valence-corrected chi connectivity index (χ3v) is 4.93. The number of carbonyl (C=O) groups is 1. The molecule has 0 spiro atoms. The van der Waals surface area contributed by atoms with Crippen LogP contribution in [0.4, 0.5) is 4.79 Å². The number of ether oxygens (including phenoxy) is 1. The normalized spacial score (nSPS) is 11.7. The molecule has 0 unspecified atom stereocenters. The molecule has 6 heteroatoms. The zero-order valence-corrected chi connectivity index (χ0v) is 17.3. The maximum absolute atomic E-state index is 13.7. The van der Waals surface area contributed by atoms with E-state index in [0.717, 1.165) is 10.1 Å². The molecule has 0 fully saturated rings. The van der Waals surface area contributed by atoms with Crippen LogP contribution in [0.3, 0.4) is 0 Å². The van der Waals surface area contributed by atoms with Crippen molar-refractivity contribution >= 4 is 27.9 Å². The van der Waals surface area contributed by atoms with Crippen LogP contribution in [0.25, 0.3) is 32.9 Å². The van der Waals surface area contributed by atoms with Crippen LogP contribution in [-0.4, -0.2) is 20.8 Å². The molecule has 152 valence electrons. The van der Waals surface area contributed by atoms with Gasteiger partial charge in [0.2, 0.25) is 0 Å². The number of hydrogen-bond donors (Lipinski definition) is 0. The zero-order chi connectivity index (χ0) is 21.6. The number of fused-ring (bicyclic) bond motifs is 3. The van der Waals surface area contributed by atoms with Crippen LogP contribution in [0.5, 0.6) is 0 Å². The van der Waals surface area contributed by atoms with Gasteiger partial charge in [0.05, 0.1) is 5.39 Å². The predicted molar refractivity (Wildman–Crippen MR) is 118 cm³/mol. The Labute approximate surface area is 172 Å². The number of rotatable bonds is 1. The molecule has 2 aromatic heterocycles. The fourth-order valence-corrected chi connectivity index (χ4v) is 3.64. The van der Waals surface area contributed by atoms with Crippen molar-refractivity contribution in [2.24, 2.45) is 7.05 Å². The van der Waals surface area contributed by atoms with Gasteiger partial charge in [0.1, 0.15) is 11.1 Å². The lowest BCUT2D eigenvalue weighted by molar-refractivity contribution is 0.0532. The Morgan fingerprint density at radius 3 is 2.23 bits per heavy atom. The largest absolute Gasteiger partial charge is 0.443 e. The van der Waals surface area contributed by atoms with Gasteiger partial charge < -0.3 is 9.30 Å². The van der Waals surface area contributed by atoms with Crippen LogP contribution in [0.2, 0.25) is 0 Å². The van der Waals surface area contributed by atoms with Crippen molar-refractivity contribution < 1.29 is 9.53 Å². The fourth-order valence-electron chi connectivity index (χ4n) is 3.64. The number of aromatic nitrogens is 2. The van der Waals surface area contributed by atoms with Gasteiger partial charge in [0, 0.05) is 29.7 Å². The number of nitrogens with zero attached hydrogens (tertiary/aromatic N) is 2. The molecule has 2 aromatic carbocycles. The third-order valence-electron chi connectivity index (χ3n) is 4.93. The SMILES string of the molecule is Cn1c2ccccc2c2c(=O)c(-c3ccccc3)cn(C(=O)OC(C)(C)C)c(=O)c21. The molecule has 0 N–H and O–H groups in total. The molecule has 30 heavy (non-hydrogen) atoms. The molecule has 0 amide bonds. The fraction of sp³-hybridized carbons (Fsp3) is 0.208. The van der Waals surface area contributed by atoms with Crippen LogP contribution >= 0.6 is 0 Å². The highest BCUT2D eigenvalue weighted by Crippen LogP contribution is 2.25. The van der Waals surface area contributed by atoms with E-state index in [1.165, 1.54) is 6.20 Å². The van der Waals surface area contributed by atoms with Gasteiger partial charge in [-0.3, -0.25) is 9.59 Å². The molecule has 6 nitrogen and oxygen atoms in total. The van der Waals surface area contributed by atoms with E-state index >= 15 is 0 Å². The Hall–Kier alpha value is -3.67. The van der Waals surface area contributed by atoms with Crippen molar-refractivity contribution in [1.29, 1.82) is 0 Å². The van der Waals surface area contributed by atoms with Crippen LogP contribution < -0.4 is 11.0 Å². The first-order chi connectivity index (χ1) is 14.2. The maximum atomic E-state index is 13.7. The van der Waals surface area contributed by atoms with E-state index in [4.69, 9.17) is 4.74 Å². The van der Waals surface area contributed by atoms with Gasteiger partial charge in [-0.15, -0.1) is 0 Å². The maximum Gasteiger partial charge on any atom is 0.421 e. The highest BCUT2D eigenvalue weighted by atomic mass is 16.6. The van der Waals surface area contributed by atoms with E-state index in [1.54, 1.807) is 56.7 Å². The highest BCUT2D eigenvalue weighted by Gasteiger charge is 2.23. The summed E-state index contributed by atoms with van der Waals surface area (Å²) in [5.41, 5.74) is 0.0620. The summed E-state index contributed by atoms with van der Waals surface area (Å²) in [4.78, 5) is 40.0. The van der Waals surface area contributed by atoms with Crippen molar-refractivity contribution in [3.63, 3.8) is 0 Å². The standard InChI is InChI=1S/C24H22N2O4/c1-24(2,3)30-23(29)26-14-17(15-10-6-5-7-11-15)21(27)19-16-12-8-9-13-18(16)25(4)20(19)22(26)28/h5-14H,1-4H3. The molecule has 0 atom stereocenters. The average molecular weight is 402 g/mol. The van der Waals surface area contributed by atoms with Gasteiger partial charge in [0.15, 0.2) is 5.43 Å².